The summed E-state index contributed by atoms with van der Waals surface area (Å²) >= 11 is 0. The molecule has 3 aromatic rings. The van der Waals surface area contributed by atoms with Gasteiger partial charge in [0, 0.05) is 11.9 Å². The quantitative estimate of drug-likeness (QED) is 0.755. The highest BCUT2D eigenvalue weighted by Crippen LogP contribution is 2.21. The van der Waals surface area contributed by atoms with Crippen LogP contribution in [-0.4, -0.2) is 30.4 Å². The number of hydrogen-bond donors (Lipinski definition) is 2. The van der Waals surface area contributed by atoms with E-state index in [0.717, 1.165) is 22.6 Å². The lowest BCUT2D eigenvalue weighted by molar-refractivity contribution is 0.784. The Labute approximate surface area is 116 Å². The molecule has 1 unspecified atom stereocenters. The number of rotatable bonds is 4. The number of aromatic amines is 1. The zero-order valence-corrected chi connectivity index (χ0v) is 11.3. The minimum Gasteiger partial charge on any atom is -0.377 e. The Morgan fingerprint density at radius 3 is 2.85 bits per heavy atom. The topological polar surface area (TPSA) is 84.3 Å². The van der Waals surface area contributed by atoms with Gasteiger partial charge in [0.25, 0.3) is 0 Å². The Bertz CT molecular complexity index is 673. The van der Waals surface area contributed by atoms with Crippen molar-refractivity contribution >= 4 is 5.69 Å². The van der Waals surface area contributed by atoms with Crippen LogP contribution in [0.3, 0.4) is 0 Å². The Morgan fingerprint density at radius 1 is 1.30 bits per heavy atom. The maximum atomic E-state index is 3.96. The summed E-state index contributed by atoms with van der Waals surface area (Å²) in [5, 5.41) is 21.5. The van der Waals surface area contributed by atoms with E-state index >= 15 is 0 Å². The molecule has 7 heteroatoms. The lowest BCUT2D eigenvalue weighted by Crippen LogP contribution is -2.08. The Kier molecular flexibility index (Phi) is 3.16. The molecular weight excluding hydrogens is 254 g/mol. The van der Waals surface area contributed by atoms with Crippen molar-refractivity contribution in [1.82, 2.24) is 30.4 Å². The first-order valence-corrected chi connectivity index (χ1v) is 6.34. The van der Waals surface area contributed by atoms with Crippen LogP contribution in [0.15, 0.2) is 36.8 Å². The molecule has 0 radical (unpaired) electrons. The molecule has 20 heavy (non-hydrogen) atoms. The van der Waals surface area contributed by atoms with Gasteiger partial charge in [-0.05, 0) is 54.1 Å². The van der Waals surface area contributed by atoms with Gasteiger partial charge in [0.05, 0.1) is 17.4 Å². The molecule has 102 valence electrons. The van der Waals surface area contributed by atoms with Crippen molar-refractivity contribution in [1.29, 1.82) is 0 Å². The van der Waals surface area contributed by atoms with Crippen molar-refractivity contribution in [3.8, 4) is 5.69 Å². The second-order valence-corrected chi connectivity index (χ2v) is 4.63. The molecule has 2 N–H and O–H groups in total. The van der Waals surface area contributed by atoms with E-state index in [1.807, 2.05) is 25.1 Å². The molecule has 1 atom stereocenters. The van der Waals surface area contributed by atoms with Crippen molar-refractivity contribution < 1.29 is 0 Å². The average Bonchev–Trinajstić information content (AvgIpc) is 3.12. The van der Waals surface area contributed by atoms with Crippen molar-refractivity contribution in [2.45, 2.75) is 19.9 Å². The first-order valence-electron chi connectivity index (χ1n) is 6.34. The van der Waals surface area contributed by atoms with Gasteiger partial charge in [-0.2, -0.15) is 5.10 Å². The van der Waals surface area contributed by atoms with Gasteiger partial charge in [0.2, 0.25) is 0 Å². The Morgan fingerprint density at radius 2 is 2.20 bits per heavy atom. The van der Waals surface area contributed by atoms with Gasteiger partial charge in [-0.3, -0.25) is 5.10 Å². The summed E-state index contributed by atoms with van der Waals surface area (Å²) in [4.78, 5) is 0. The van der Waals surface area contributed by atoms with Crippen LogP contribution < -0.4 is 5.32 Å². The zero-order valence-electron chi connectivity index (χ0n) is 11.3. The van der Waals surface area contributed by atoms with Gasteiger partial charge in [0.1, 0.15) is 6.33 Å². The second-order valence-electron chi connectivity index (χ2n) is 4.63. The maximum absolute atomic E-state index is 3.96. The van der Waals surface area contributed by atoms with Crippen LogP contribution in [0.4, 0.5) is 5.69 Å². The van der Waals surface area contributed by atoms with Crippen molar-refractivity contribution in [3.63, 3.8) is 0 Å². The number of H-pyrrole nitrogens is 1. The number of nitrogens with zero attached hydrogens (tertiary/aromatic N) is 5. The van der Waals surface area contributed by atoms with E-state index in [0.29, 0.717) is 0 Å². The standard InChI is InChI=1S/C13H15N7/c1-9-7-11(16-10(2)12-5-6-14-17-12)3-4-13(9)20-8-15-18-19-20/h3-8,10,16H,1-2H3,(H,14,17). The summed E-state index contributed by atoms with van der Waals surface area (Å²) < 4.78 is 1.65. The molecule has 7 nitrogen and oxygen atoms in total. The van der Waals surface area contributed by atoms with Gasteiger partial charge in [-0.15, -0.1) is 5.10 Å². The number of anilines is 1. The molecule has 0 bridgehead atoms. The van der Waals surface area contributed by atoms with Gasteiger partial charge in [0.15, 0.2) is 0 Å². The van der Waals surface area contributed by atoms with Gasteiger partial charge in [-0.25, -0.2) is 4.68 Å². The minimum absolute atomic E-state index is 0.163. The molecule has 0 saturated heterocycles. The number of nitrogens with one attached hydrogen (secondary N) is 2. The third-order valence-corrected chi connectivity index (χ3v) is 3.16. The fourth-order valence-electron chi connectivity index (χ4n) is 2.11. The molecule has 0 fully saturated rings. The highest BCUT2D eigenvalue weighted by Gasteiger charge is 2.08. The van der Waals surface area contributed by atoms with Gasteiger partial charge < -0.3 is 5.32 Å². The van der Waals surface area contributed by atoms with E-state index < -0.39 is 0 Å². The van der Waals surface area contributed by atoms with Gasteiger partial charge >= 0.3 is 0 Å². The molecule has 1 aromatic carbocycles. The van der Waals surface area contributed by atoms with Crippen molar-refractivity contribution in [3.05, 3.63) is 48.0 Å². The lowest BCUT2D eigenvalue weighted by Gasteiger charge is -2.15. The molecular formula is C13H15N7. The van der Waals surface area contributed by atoms with Crippen LogP contribution >= 0.6 is 0 Å². The summed E-state index contributed by atoms with van der Waals surface area (Å²) in [6.45, 7) is 4.11. The third-order valence-electron chi connectivity index (χ3n) is 3.16. The maximum Gasteiger partial charge on any atom is 0.143 e. The molecule has 2 aromatic heterocycles. The van der Waals surface area contributed by atoms with Crippen LogP contribution in [0.1, 0.15) is 24.2 Å². The third kappa shape index (κ3) is 2.37. The number of aryl methyl sites for hydroxylation is 1. The van der Waals surface area contributed by atoms with Crippen LogP contribution in [0.2, 0.25) is 0 Å². The number of benzene rings is 1. The summed E-state index contributed by atoms with van der Waals surface area (Å²) in [6, 6.07) is 8.20. The van der Waals surface area contributed by atoms with E-state index in [2.05, 4.69) is 44.0 Å². The minimum atomic E-state index is 0.163. The lowest BCUT2D eigenvalue weighted by atomic mass is 10.1. The fourth-order valence-corrected chi connectivity index (χ4v) is 2.11. The zero-order chi connectivity index (χ0) is 13.9. The average molecular weight is 269 g/mol. The van der Waals surface area contributed by atoms with Crippen molar-refractivity contribution in [2.24, 2.45) is 0 Å². The highest BCUT2D eigenvalue weighted by atomic mass is 15.5. The fraction of sp³-hybridized carbons (Fsp3) is 0.231. The molecule has 0 saturated carbocycles. The van der Waals surface area contributed by atoms with Gasteiger partial charge in [-0.1, -0.05) is 0 Å². The molecule has 0 aliphatic carbocycles. The predicted octanol–water partition coefficient (Wildman–Crippen LogP) is 1.87. The summed E-state index contributed by atoms with van der Waals surface area (Å²) in [6.07, 6.45) is 3.34. The van der Waals surface area contributed by atoms with Crippen LogP contribution in [0.25, 0.3) is 5.69 Å². The van der Waals surface area contributed by atoms with E-state index in [9.17, 15) is 0 Å². The number of aromatic nitrogens is 6. The first kappa shape index (κ1) is 12.3. The van der Waals surface area contributed by atoms with E-state index in [1.165, 1.54) is 0 Å². The van der Waals surface area contributed by atoms with E-state index in [-0.39, 0.29) is 6.04 Å². The summed E-state index contributed by atoms with van der Waals surface area (Å²) in [5.74, 6) is 0. The molecule has 0 aliphatic rings. The van der Waals surface area contributed by atoms with Crippen LogP contribution in [-0.2, 0) is 0 Å². The SMILES string of the molecule is Cc1cc(NC(C)c2ccn[nH]2)ccc1-n1cnnn1. The molecule has 2 heterocycles. The summed E-state index contributed by atoms with van der Waals surface area (Å²) in [7, 11) is 0. The van der Waals surface area contributed by atoms with Crippen molar-refractivity contribution in [2.75, 3.05) is 5.32 Å². The first-order chi connectivity index (χ1) is 9.74. The number of tetrazole rings is 1. The second kappa shape index (κ2) is 5.12. The van der Waals surface area contributed by atoms with E-state index in [1.54, 1.807) is 17.2 Å². The Hall–Kier alpha value is -2.70. The highest BCUT2D eigenvalue weighted by molar-refractivity contribution is 5.54. The smallest absolute Gasteiger partial charge is 0.143 e. The summed E-state index contributed by atoms with van der Waals surface area (Å²) in [5.41, 5.74) is 4.16. The van der Waals surface area contributed by atoms with E-state index in [4.69, 9.17) is 0 Å². The molecule has 3 rings (SSSR count). The molecule has 0 aliphatic heterocycles. The largest absolute Gasteiger partial charge is 0.377 e. The molecule has 0 amide bonds. The predicted molar refractivity (Wildman–Crippen MR) is 74.5 cm³/mol. The van der Waals surface area contributed by atoms with Crippen LogP contribution in [0.5, 0.6) is 0 Å². The molecule has 0 spiro atoms. The number of hydrogen-bond acceptors (Lipinski definition) is 5. The van der Waals surface area contributed by atoms with Crippen LogP contribution in [0, 0.1) is 6.92 Å². The monoisotopic (exact) mass is 269 g/mol. The Balaban J connectivity index is 1.81. The normalized spacial score (nSPS) is 12.3.